The number of aryl methyl sites for hydroxylation is 1. The van der Waals surface area contributed by atoms with Gasteiger partial charge in [-0.2, -0.15) is 0 Å². The van der Waals surface area contributed by atoms with Gasteiger partial charge in [0.2, 0.25) is 0 Å². The van der Waals surface area contributed by atoms with Crippen LogP contribution in [0, 0.1) is 0 Å². The topological polar surface area (TPSA) is 34.9 Å². The highest BCUT2D eigenvalue weighted by Crippen LogP contribution is 2.31. The number of fused-ring (bicyclic) bond motifs is 1. The Morgan fingerprint density at radius 2 is 2.00 bits per heavy atom. The zero-order chi connectivity index (χ0) is 15.6. The number of alkyl halides is 1. The molecule has 116 valence electrons. The summed E-state index contributed by atoms with van der Waals surface area (Å²) in [6.45, 7) is 2.09. The van der Waals surface area contributed by atoms with Crippen molar-refractivity contribution in [2.24, 2.45) is 0 Å². The summed E-state index contributed by atoms with van der Waals surface area (Å²) in [5, 5.41) is 1.00. The second-order valence-electron chi connectivity index (χ2n) is 5.01. The molecule has 1 aromatic heterocycles. The van der Waals surface area contributed by atoms with Crippen molar-refractivity contribution < 1.29 is 4.21 Å². The molecule has 21 heavy (non-hydrogen) atoms. The minimum absolute atomic E-state index is 0.175. The third-order valence-corrected chi connectivity index (χ3v) is 5.11. The fourth-order valence-corrected chi connectivity index (χ4v) is 3.52. The summed E-state index contributed by atoms with van der Waals surface area (Å²) in [6, 6.07) is 3.79. The van der Waals surface area contributed by atoms with Gasteiger partial charge < -0.3 is 4.57 Å². The number of aromatic nitrogens is 2. The van der Waals surface area contributed by atoms with Gasteiger partial charge in [-0.3, -0.25) is 4.21 Å². The van der Waals surface area contributed by atoms with Crippen molar-refractivity contribution in [3.63, 3.8) is 0 Å². The molecule has 0 saturated carbocycles. The summed E-state index contributed by atoms with van der Waals surface area (Å²) in [5.41, 5.74) is 1.76. The SMILES string of the molecule is CC(CCS(C)=O)n1c(CCCl)nc2cc(Cl)c(Cl)cc21. The van der Waals surface area contributed by atoms with Crippen LogP contribution in [0.2, 0.25) is 10.0 Å². The molecule has 7 heteroatoms. The van der Waals surface area contributed by atoms with Crippen LogP contribution in [0.15, 0.2) is 12.1 Å². The molecule has 0 fully saturated rings. The lowest BCUT2D eigenvalue weighted by Gasteiger charge is -2.17. The number of rotatable bonds is 6. The first-order valence-electron chi connectivity index (χ1n) is 6.66. The Bertz CT molecular complexity index is 672. The third kappa shape index (κ3) is 3.92. The summed E-state index contributed by atoms with van der Waals surface area (Å²) in [5.74, 6) is 2.06. The van der Waals surface area contributed by atoms with Crippen LogP contribution in [-0.2, 0) is 17.2 Å². The fraction of sp³-hybridized carbons (Fsp3) is 0.500. The molecular weight excluding hydrogens is 351 g/mol. The van der Waals surface area contributed by atoms with E-state index in [1.165, 1.54) is 0 Å². The van der Waals surface area contributed by atoms with Gasteiger partial charge in [-0.05, 0) is 25.5 Å². The first kappa shape index (κ1) is 17.1. The predicted molar refractivity (Wildman–Crippen MR) is 92.4 cm³/mol. The number of imidazole rings is 1. The van der Waals surface area contributed by atoms with Crippen molar-refractivity contribution in [3.05, 3.63) is 28.0 Å². The second kappa shape index (κ2) is 7.32. The van der Waals surface area contributed by atoms with Crippen molar-refractivity contribution in [1.29, 1.82) is 0 Å². The largest absolute Gasteiger partial charge is 0.325 e. The molecule has 0 spiro atoms. The number of hydrogen-bond acceptors (Lipinski definition) is 2. The Balaban J connectivity index is 2.49. The lowest BCUT2D eigenvalue weighted by atomic mass is 10.2. The smallest absolute Gasteiger partial charge is 0.111 e. The Hall–Kier alpha value is -0.290. The Morgan fingerprint density at radius 1 is 1.33 bits per heavy atom. The lowest BCUT2D eigenvalue weighted by molar-refractivity contribution is 0.525. The average Bonchev–Trinajstić information content (AvgIpc) is 2.74. The molecule has 2 aromatic rings. The molecule has 0 aliphatic heterocycles. The first-order chi connectivity index (χ1) is 9.93. The zero-order valence-corrected chi connectivity index (χ0v) is 15.0. The number of hydrogen-bond donors (Lipinski definition) is 0. The zero-order valence-electron chi connectivity index (χ0n) is 11.9. The van der Waals surface area contributed by atoms with E-state index in [2.05, 4.69) is 16.5 Å². The minimum atomic E-state index is -0.807. The van der Waals surface area contributed by atoms with Crippen LogP contribution in [0.3, 0.4) is 0 Å². The predicted octanol–water partition coefficient (Wildman–Crippen LogP) is 4.45. The van der Waals surface area contributed by atoms with Gasteiger partial charge in [0, 0.05) is 41.2 Å². The van der Waals surface area contributed by atoms with Gasteiger partial charge in [0.25, 0.3) is 0 Å². The van der Waals surface area contributed by atoms with Crippen molar-refractivity contribution >= 4 is 56.6 Å². The van der Waals surface area contributed by atoms with E-state index in [4.69, 9.17) is 34.8 Å². The van der Waals surface area contributed by atoms with Crippen molar-refractivity contribution in [2.75, 3.05) is 17.9 Å². The van der Waals surface area contributed by atoms with Crippen LogP contribution >= 0.6 is 34.8 Å². The molecule has 3 nitrogen and oxygen atoms in total. The fourth-order valence-electron chi connectivity index (χ4n) is 2.36. The number of benzene rings is 1. The molecule has 0 N–H and O–H groups in total. The average molecular weight is 368 g/mol. The second-order valence-corrected chi connectivity index (χ2v) is 7.75. The molecule has 1 heterocycles. The van der Waals surface area contributed by atoms with Gasteiger partial charge in [-0.25, -0.2) is 4.98 Å². The monoisotopic (exact) mass is 366 g/mol. The van der Waals surface area contributed by atoms with E-state index in [1.54, 1.807) is 12.3 Å². The molecule has 0 bridgehead atoms. The lowest BCUT2D eigenvalue weighted by Crippen LogP contribution is -2.12. The standard InChI is InChI=1S/C14H17Cl3N2OS/c1-9(4-6-21(2)20)19-13-8-11(17)10(16)7-12(13)18-14(19)3-5-15/h7-9H,3-6H2,1-2H3. The molecule has 0 aliphatic rings. The molecule has 1 aromatic carbocycles. The highest BCUT2D eigenvalue weighted by molar-refractivity contribution is 7.84. The molecule has 2 rings (SSSR count). The minimum Gasteiger partial charge on any atom is -0.325 e. The molecular formula is C14H17Cl3N2OS. The normalized spacial score (nSPS) is 14.5. The molecule has 2 unspecified atom stereocenters. The summed E-state index contributed by atoms with van der Waals surface area (Å²) in [4.78, 5) is 4.61. The van der Waals surface area contributed by atoms with Crippen molar-refractivity contribution in [2.45, 2.75) is 25.8 Å². The Morgan fingerprint density at radius 3 is 2.62 bits per heavy atom. The third-order valence-electron chi connectivity index (χ3n) is 3.39. The van der Waals surface area contributed by atoms with Gasteiger partial charge in [0.15, 0.2) is 0 Å². The van der Waals surface area contributed by atoms with E-state index in [0.717, 1.165) is 23.3 Å². The van der Waals surface area contributed by atoms with Crippen LogP contribution in [0.5, 0.6) is 0 Å². The summed E-state index contributed by atoms with van der Waals surface area (Å²) < 4.78 is 13.4. The molecule has 0 aliphatic carbocycles. The van der Waals surface area contributed by atoms with Gasteiger partial charge in [0.1, 0.15) is 5.82 Å². The van der Waals surface area contributed by atoms with Gasteiger partial charge in [0.05, 0.1) is 21.1 Å². The van der Waals surface area contributed by atoms with Crippen LogP contribution < -0.4 is 0 Å². The van der Waals surface area contributed by atoms with E-state index in [-0.39, 0.29) is 6.04 Å². The van der Waals surface area contributed by atoms with E-state index >= 15 is 0 Å². The highest BCUT2D eigenvalue weighted by atomic mass is 35.5. The van der Waals surface area contributed by atoms with Gasteiger partial charge in [-0.15, -0.1) is 11.6 Å². The molecule has 0 saturated heterocycles. The van der Waals surface area contributed by atoms with E-state index < -0.39 is 10.8 Å². The Labute approximate surface area is 142 Å². The molecule has 2 atom stereocenters. The maximum Gasteiger partial charge on any atom is 0.111 e. The number of nitrogens with zero attached hydrogens (tertiary/aromatic N) is 2. The first-order valence-corrected chi connectivity index (χ1v) is 9.67. The van der Waals surface area contributed by atoms with Crippen LogP contribution in [0.1, 0.15) is 25.2 Å². The quantitative estimate of drug-likeness (QED) is 0.707. The molecule has 0 amide bonds. The van der Waals surface area contributed by atoms with Crippen molar-refractivity contribution in [1.82, 2.24) is 9.55 Å². The van der Waals surface area contributed by atoms with Crippen LogP contribution in [0.4, 0.5) is 0 Å². The van der Waals surface area contributed by atoms with Crippen molar-refractivity contribution in [3.8, 4) is 0 Å². The summed E-state index contributed by atoms with van der Waals surface area (Å²) >= 11 is 18.1. The number of halogens is 3. The Kier molecular flexibility index (Phi) is 5.95. The summed E-state index contributed by atoms with van der Waals surface area (Å²) in [6.07, 6.45) is 3.20. The van der Waals surface area contributed by atoms with E-state index in [0.29, 0.717) is 28.1 Å². The highest BCUT2D eigenvalue weighted by Gasteiger charge is 2.17. The maximum atomic E-state index is 11.3. The van der Waals surface area contributed by atoms with Crippen LogP contribution in [-0.4, -0.2) is 31.6 Å². The van der Waals surface area contributed by atoms with Gasteiger partial charge in [-0.1, -0.05) is 23.2 Å². The van der Waals surface area contributed by atoms with E-state index in [9.17, 15) is 4.21 Å². The molecule has 0 radical (unpaired) electrons. The summed E-state index contributed by atoms with van der Waals surface area (Å²) in [7, 11) is -0.807. The van der Waals surface area contributed by atoms with Crippen LogP contribution in [0.25, 0.3) is 11.0 Å². The van der Waals surface area contributed by atoms with Gasteiger partial charge >= 0.3 is 0 Å². The van der Waals surface area contributed by atoms with E-state index in [1.807, 2.05) is 6.07 Å². The maximum absolute atomic E-state index is 11.3.